The van der Waals surface area contributed by atoms with E-state index in [1.54, 1.807) is 6.92 Å². The molecule has 2 rings (SSSR count). The van der Waals surface area contributed by atoms with Crippen LogP contribution in [0.4, 0.5) is 5.95 Å². The second-order valence-corrected chi connectivity index (χ2v) is 4.12. The van der Waals surface area contributed by atoms with E-state index < -0.39 is 5.91 Å². The van der Waals surface area contributed by atoms with Crippen LogP contribution >= 0.6 is 11.6 Å². The van der Waals surface area contributed by atoms with Gasteiger partial charge in [0, 0.05) is 12.5 Å². The van der Waals surface area contributed by atoms with Crippen LogP contribution in [-0.2, 0) is 4.79 Å². The summed E-state index contributed by atoms with van der Waals surface area (Å²) in [7, 11) is 0. The van der Waals surface area contributed by atoms with Crippen molar-refractivity contribution in [2.45, 2.75) is 19.4 Å². The van der Waals surface area contributed by atoms with Gasteiger partial charge in [0.15, 0.2) is 0 Å². The van der Waals surface area contributed by atoms with Crippen molar-refractivity contribution in [2.75, 3.05) is 5.32 Å². The maximum Gasteiger partial charge on any atom is 0.258 e. The smallest absolute Gasteiger partial charge is 0.258 e. The Kier molecular flexibility index (Phi) is 3.85. The van der Waals surface area contributed by atoms with Crippen molar-refractivity contribution in [1.29, 1.82) is 0 Å². The van der Waals surface area contributed by atoms with E-state index in [0.29, 0.717) is 0 Å². The maximum absolute atomic E-state index is 10.8. The summed E-state index contributed by atoms with van der Waals surface area (Å²) in [6, 6.07) is -0.223. The number of nitrogens with zero attached hydrogens (tertiary/aromatic N) is 6. The largest absolute Gasteiger partial charge is 0.370 e. The Bertz CT molecular complexity index is 572. The summed E-state index contributed by atoms with van der Waals surface area (Å²) in [5.41, 5.74) is 5.10. The molecule has 0 spiro atoms. The van der Waals surface area contributed by atoms with Gasteiger partial charge in [-0.15, -0.1) is 0 Å². The molecule has 0 aromatic carbocycles. The summed E-state index contributed by atoms with van der Waals surface area (Å²) in [6.45, 7) is 1.78. The Morgan fingerprint density at radius 1 is 1.53 bits per heavy atom. The Labute approximate surface area is 113 Å². The summed E-state index contributed by atoms with van der Waals surface area (Å²) >= 11 is 5.80. The van der Waals surface area contributed by atoms with Crippen molar-refractivity contribution >= 4 is 23.5 Å². The molecule has 0 bridgehead atoms. The van der Waals surface area contributed by atoms with Crippen molar-refractivity contribution in [3.63, 3.8) is 0 Å². The van der Waals surface area contributed by atoms with E-state index in [-0.39, 0.29) is 29.6 Å². The molecule has 10 heteroatoms. The first-order chi connectivity index (χ1) is 9.04. The van der Waals surface area contributed by atoms with Crippen LogP contribution in [0.1, 0.15) is 13.3 Å². The Hall–Kier alpha value is -2.29. The van der Waals surface area contributed by atoms with E-state index in [1.165, 1.54) is 17.3 Å². The fourth-order valence-electron chi connectivity index (χ4n) is 1.39. The van der Waals surface area contributed by atoms with Crippen molar-refractivity contribution in [2.24, 2.45) is 5.73 Å². The first-order valence-corrected chi connectivity index (χ1v) is 5.74. The lowest BCUT2D eigenvalue weighted by molar-refractivity contribution is -0.118. The number of amides is 1. The molecule has 0 aliphatic rings. The normalized spacial score (nSPS) is 12.1. The predicted octanol–water partition coefficient (Wildman–Crippen LogP) is -0.219. The van der Waals surface area contributed by atoms with E-state index in [1.807, 2.05) is 0 Å². The summed E-state index contributed by atoms with van der Waals surface area (Å²) in [5, 5.41) is 6.80. The third-order valence-electron chi connectivity index (χ3n) is 2.10. The fraction of sp³-hybridized carbons (Fsp3) is 0.333. The van der Waals surface area contributed by atoms with E-state index in [2.05, 4.69) is 30.4 Å². The van der Waals surface area contributed by atoms with E-state index in [9.17, 15) is 4.79 Å². The highest BCUT2D eigenvalue weighted by Crippen LogP contribution is 2.10. The number of anilines is 1. The highest BCUT2D eigenvalue weighted by molar-refractivity contribution is 6.28. The number of aromatic nitrogens is 6. The van der Waals surface area contributed by atoms with Crippen LogP contribution in [0.3, 0.4) is 0 Å². The first kappa shape index (κ1) is 13.1. The van der Waals surface area contributed by atoms with Crippen molar-refractivity contribution in [3.05, 3.63) is 17.9 Å². The summed E-state index contributed by atoms with van der Waals surface area (Å²) in [4.78, 5) is 26.5. The third-order valence-corrected chi connectivity index (χ3v) is 2.27. The molecule has 2 heterocycles. The summed E-state index contributed by atoms with van der Waals surface area (Å²) in [5.74, 6) is 0.0437. The molecule has 0 aliphatic carbocycles. The number of carbonyl (C=O) groups excluding carboxylic acids is 1. The van der Waals surface area contributed by atoms with Gasteiger partial charge < -0.3 is 11.1 Å². The topological polar surface area (TPSA) is 125 Å². The van der Waals surface area contributed by atoms with Crippen LogP contribution in [0.5, 0.6) is 0 Å². The number of hydrogen-bond donors (Lipinski definition) is 2. The Balaban J connectivity index is 2.20. The first-order valence-electron chi connectivity index (χ1n) is 5.36. The number of carbonyl (C=O) groups is 1. The van der Waals surface area contributed by atoms with Gasteiger partial charge in [-0.1, -0.05) is 0 Å². The van der Waals surface area contributed by atoms with Crippen LogP contribution in [0.2, 0.25) is 5.28 Å². The van der Waals surface area contributed by atoms with Crippen LogP contribution in [0, 0.1) is 0 Å². The van der Waals surface area contributed by atoms with Gasteiger partial charge in [-0.3, -0.25) is 4.79 Å². The van der Waals surface area contributed by atoms with Crippen molar-refractivity contribution in [1.82, 2.24) is 29.7 Å². The third kappa shape index (κ3) is 3.58. The fourth-order valence-corrected chi connectivity index (χ4v) is 1.55. The highest BCUT2D eigenvalue weighted by Gasteiger charge is 2.11. The summed E-state index contributed by atoms with van der Waals surface area (Å²) < 4.78 is 1.34. The van der Waals surface area contributed by atoms with E-state index in [4.69, 9.17) is 17.3 Å². The van der Waals surface area contributed by atoms with Crippen molar-refractivity contribution < 1.29 is 4.79 Å². The molecular formula is C9H11ClN8O. The molecular weight excluding hydrogens is 272 g/mol. The molecule has 100 valence electrons. The predicted molar refractivity (Wildman–Crippen MR) is 66.7 cm³/mol. The molecule has 0 saturated heterocycles. The number of halogens is 1. The van der Waals surface area contributed by atoms with Crippen LogP contribution in [0.25, 0.3) is 5.95 Å². The molecule has 1 unspecified atom stereocenters. The van der Waals surface area contributed by atoms with Crippen LogP contribution in [-0.4, -0.2) is 41.7 Å². The minimum atomic E-state index is -0.420. The van der Waals surface area contributed by atoms with Gasteiger partial charge in [0.2, 0.25) is 17.1 Å². The van der Waals surface area contributed by atoms with Gasteiger partial charge in [0.1, 0.15) is 12.7 Å². The quantitative estimate of drug-likeness (QED) is 0.776. The minimum absolute atomic E-state index is 0.00859. The van der Waals surface area contributed by atoms with E-state index in [0.717, 1.165) is 0 Å². The lowest BCUT2D eigenvalue weighted by atomic mass is 10.2. The molecule has 0 saturated carbocycles. The van der Waals surface area contributed by atoms with Crippen molar-refractivity contribution in [3.8, 4) is 5.95 Å². The summed E-state index contributed by atoms with van der Waals surface area (Å²) in [6.07, 6.45) is 2.94. The molecule has 0 radical (unpaired) electrons. The highest BCUT2D eigenvalue weighted by atomic mass is 35.5. The number of rotatable bonds is 5. The molecule has 1 atom stereocenters. The maximum atomic E-state index is 10.8. The second-order valence-electron chi connectivity index (χ2n) is 3.78. The second kappa shape index (κ2) is 5.57. The molecule has 3 N–H and O–H groups in total. The molecule has 9 nitrogen and oxygen atoms in total. The SMILES string of the molecule is CC(CC(N)=O)Nc1nc(Cl)nc(-n2cncn2)n1. The molecule has 0 aliphatic heterocycles. The zero-order valence-electron chi connectivity index (χ0n) is 9.99. The van der Waals surface area contributed by atoms with E-state index >= 15 is 0 Å². The molecule has 19 heavy (non-hydrogen) atoms. The van der Waals surface area contributed by atoms with Gasteiger partial charge in [-0.2, -0.15) is 24.7 Å². The molecule has 2 aromatic heterocycles. The average molecular weight is 283 g/mol. The Morgan fingerprint density at radius 2 is 2.32 bits per heavy atom. The molecule has 2 aromatic rings. The average Bonchev–Trinajstić information content (AvgIpc) is 2.79. The monoisotopic (exact) mass is 282 g/mol. The zero-order valence-corrected chi connectivity index (χ0v) is 10.7. The molecule has 0 fully saturated rings. The molecule has 1 amide bonds. The zero-order chi connectivity index (χ0) is 13.8. The minimum Gasteiger partial charge on any atom is -0.370 e. The van der Waals surface area contributed by atoms with Gasteiger partial charge in [-0.05, 0) is 18.5 Å². The lowest BCUT2D eigenvalue weighted by Gasteiger charge is -2.12. The van der Waals surface area contributed by atoms with Gasteiger partial charge in [-0.25, -0.2) is 4.98 Å². The number of nitrogens with one attached hydrogen (secondary N) is 1. The van der Waals surface area contributed by atoms with Gasteiger partial charge >= 0.3 is 0 Å². The van der Waals surface area contributed by atoms with Crippen LogP contribution in [0.15, 0.2) is 12.7 Å². The number of hydrogen-bond acceptors (Lipinski definition) is 7. The van der Waals surface area contributed by atoms with Crippen LogP contribution < -0.4 is 11.1 Å². The Morgan fingerprint density at radius 3 is 2.95 bits per heavy atom. The number of nitrogens with two attached hydrogens (primary N) is 1. The van der Waals surface area contributed by atoms with Gasteiger partial charge in [0.05, 0.1) is 0 Å². The van der Waals surface area contributed by atoms with Gasteiger partial charge in [0.25, 0.3) is 5.95 Å². The lowest BCUT2D eigenvalue weighted by Crippen LogP contribution is -2.25. The number of primary amides is 1. The standard InChI is InChI=1S/C9H11ClN8O/c1-5(2-6(11)19)14-8-15-7(10)16-9(17-8)18-4-12-3-13-18/h3-5H,2H2,1H3,(H2,11,19)(H,14,15,16,17).